The minimum absolute atomic E-state index is 0.0896. The molecule has 0 atom stereocenters. The number of nitrogens with two attached hydrogens (primary N) is 1. The summed E-state index contributed by atoms with van der Waals surface area (Å²) in [4.78, 5) is 40.4. The third kappa shape index (κ3) is 7.56. The second-order valence-electron chi connectivity index (χ2n) is 12.7. The fourth-order valence-electron chi connectivity index (χ4n) is 5.88. The standard InChI is InChI=1S/C21H15N5O.C18H17N5O.C2H7N/c27-21(22-14-6-2-1-3-7-14)13-10-11-17-18(12-13)24-20(23-17)19-15-8-4-5-9-16(15)25-26-19;1-10(2)19-18(24)11-7-8-14-15(9-11)21-17(20-14)16-12-5-3-4-6-13(12)22-23-16;1-2-3/h1-12H,(H,22,27)(H,23,24)(H,25,26);3-10H,1-2H3,(H,19,24)(H,20,21)(H,22,23);2-3H2,1H3. The van der Waals surface area contributed by atoms with E-state index in [0.29, 0.717) is 22.8 Å². The third-order valence-corrected chi connectivity index (χ3v) is 8.33. The van der Waals surface area contributed by atoms with Crippen molar-refractivity contribution in [3.63, 3.8) is 0 Å². The number of para-hydroxylation sites is 3. The lowest BCUT2D eigenvalue weighted by Gasteiger charge is -2.07. The van der Waals surface area contributed by atoms with Gasteiger partial charge in [-0.2, -0.15) is 10.2 Å². The molecule has 4 aromatic heterocycles. The first-order valence-corrected chi connectivity index (χ1v) is 17.5. The normalized spacial score (nSPS) is 11.0. The molecule has 270 valence electrons. The monoisotopic (exact) mass is 717 g/mol. The number of imidazole rings is 2. The summed E-state index contributed by atoms with van der Waals surface area (Å²) in [6.45, 7) is 6.53. The van der Waals surface area contributed by atoms with Gasteiger partial charge in [-0.15, -0.1) is 0 Å². The van der Waals surface area contributed by atoms with Crippen LogP contribution in [0.15, 0.2) is 115 Å². The Morgan fingerprint density at radius 2 is 1.09 bits per heavy atom. The van der Waals surface area contributed by atoms with Gasteiger partial charge in [0.15, 0.2) is 11.6 Å². The highest BCUT2D eigenvalue weighted by atomic mass is 16.2. The highest BCUT2D eigenvalue weighted by Crippen LogP contribution is 2.28. The largest absolute Gasteiger partial charge is 0.350 e. The van der Waals surface area contributed by atoms with Crippen molar-refractivity contribution in [2.45, 2.75) is 26.8 Å². The van der Waals surface area contributed by atoms with Gasteiger partial charge in [0, 0.05) is 33.6 Å². The maximum absolute atomic E-state index is 12.5. The van der Waals surface area contributed by atoms with Crippen molar-refractivity contribution in [2.24, 2.45) is 5.73 Å². The minimum Gasteiger partial charge on any atom is -0.350 e. The zero-order valence-corrected chi connectivity index (χ0v) is 29.9. The molecule has 0 unspecified atom stereocenters. The molecule has 0 aliphatic rings. The molecule has 0 fully saturated rings. The molecule has 0 spiro atoms. The summed E-state index contributed by atoms with van der Waals surface area (Å²) in [6, 6.07) is 36.2. The van der Waals surface area contributed by atoms with Gasteiger partial charge in [0.1, 0.15) is 11.4 Å². The van der Waals surface area contributed by atoms with Crippen LogP contribution in [0.1, 0.15) is 41.5 Å². The Hall–Kier alpha value is -7.12. The number of nitrogens with one attached hydrogen (secondary N) is 6. The summed E-state index contributed by atoms with van der Waals surface area (Å²) in [5.41, 5.74) is 13.4. The summed E-state index contributed by atoms with van der Waals surface area (Å²) in [7, 11) is 0. The van der Waals surface area contributed by atoms with Crippen molar-refractivity contribution in [1.82, 2.24) is 45.6 Å². The van der Waals surface area contributed by atoms with Gasteiger partial charge in [-0.05, 0) is 81.1 Å². The van der Waals surface area contributed by atoms with Crippen molar-refractivity contribution >= 4 is 61.4 Å². The van der Waals surface area contributed by atoms with Crippen LogP contribution in [0, 0.1) is 0 Å². The predicted molar refractivity (Wildman–Crippen MR) is 214 cm³/mol. The van der Waals surface area contributed by atoms with Crippen LogP contribution in [0.2, 0.25) is 0 Å². The summed E-state index contributed by atoms with van der Waals surface area (Å²) in [5, 5.41) is 22.5. The number of hydrogen-bond acceptors (Lipinski definition) is 7. The van der Waals surface area contributed by atoms with Gasteiger partial charge in [0.2, 0.25) is 0 Å². The summed E-state index contributed by atoms with van der Waals surface area (Å²) < 4.78 is 0. The lowest BCUT2D eigenvalue weighted by Crippen LogP contribution is -2.29. The Balaban J connectivity index is 0.000000157. The lowest BCUT2D eigenvalue weighted by atomic mass is 10.2. The molecule has 4 heterocycles. The molecule has 0 aliphatic heterocycles. The molecule has 8 N–H and O–H groups in total. The molecule has 9 rings (SSSR count). The molecule has 0 bridgehead atoms. The van der Waals surface area contributed by atoms with Crippen LogP contribution in [0.4, 0.5) is 5.69 Å². The van der Waals surface area contributed by atoms with E-state index in [9.17, 15) is 9.59 Å². The number of hydrogen-bond donors (Lipinski definition) is 7. The molecule has 0 aliphatic carbocycles. The number of anilines is 1. The summed E-state index contributed by atoms with van der Waals surface area (Å²) in [5.74, 6) is 1.10. The van der Waals surface area contributed by atoms with Gasteiger partial charge >= 0.3 is 0 Å². The molecule has 0 radical (unpaired) electrons. The van der Waals surface area contributed by atoms with Crippen LogP contribution in [-0.2, 0) is 0 Å². The van der Waals surface area contributed by atoms with E-state index in [-0.39, 0.29) is 17.9 Å². The Labute approximate surface area is 309 Å². The van der Waals surface area contributed by atoms with E-state index in [2.05, 4.69) is 51.0 Å². The number of amides is 2. The van der Waals surface area contributed by atoms with Crippen LogP contribution >= 0.6 is 0 Å². The van der Waals surface area contributed by atoms with Crippen LogP contribution in [0.25, 0.3) is 66.9 Å². The molecule has 54 heavy (non-hydrogen) atoms. The minimum atomic E-state index is -0.163. The van der Waals surface area contributed by atoms with Crippen molar-refractivity contribution < 1.29 is 9.59 Å². The number of rotatable bonds is 6. The van der Waals surface area contributed by atoms with Gasteiger partial charge in [-0.25, -0.2) is 9.97 Å². The number of fused-ring (bicyclic) bond motifs is 4. The van der Waals surface area contributed by atoms with Crippen LogP contribution in [-0.4, -0.2) is 64.7 Å². The summed E-state index contributed by atoms with van der Waals surface area (Å²) in [6.07, 6.45) is 0. The Morgan fingerprint density at radius 1 is 0.630 bits per heavy atom. The number of carbonyl (C=O) groups excluding carboxylic acids is 2. The quantitative estimate of drug-likeness (QED) is 0.0920. The maximum Gasteiger partial charge on any atom is 0.255 e. The average Bonchev–Trinajstić information content (AvgIpc) is 3.99. The number of benzene rings is 5. The number of nitrogens with zero attached hydrogens (tertiary/aromatic N) is 4. The molecule has 5 aromatic carbocycles. The van der Waals surface area contributed by atoms with Crippen molar-refractivity contribution in [1.29, 1.82) is 0 Å². The molecule has 2 amide bonds. The molecule has 13 heteroatoms. The van der Waals surface area contributed by atoms with E-state index in [4.69, 9.17) is 5.73 Å². The first kappa shape index (κ1) is 35.3. The van der Waals surface area contributed by atoms with E-state index in [0.717, 1.165) is 67.5 Å². The Morgan fingerprint density at radius 3 is 1.59 bits per heavy atom. The Kier molecular flexibility index (Phi) is 10.2. The van der Waals surface area contributed by atoms with E-state index in [1.165, 1.54) is 0 Å². The van der Waals surface area contributed by atoms with Crippen molar-refractivity contribution in [2.75, 3.05) is 11.9 Å². The fraction of sp³-hybridized carbons (Fsp3) is 0.122. The van der Waals surface area contributed by atoms with Crippen LogP contribution in [0.5, 0.6) is 0 Å². The van der Waals surface area contributed by atoms with E-state index < -0.39 is 0 Å². The Bertz CT molecular complexity index is 2700. The number of aromatic amines is 4. The maximum atomic E-state index is 12.5. The topological polar surface area (TPSA) is 199 Å². The first-order valence-electron chi connectivity index (χ1n) is 17.5. The molecular formula is C41H39N11O2. The highest BCUT2D eigenvalue weighted by molar-refractivity contribution is 6.06. The molecule has 13 nitrogen and oxygen atoms in total. The van der Waals surface area contributed by atoms with Gasteiger partial charge in [-0.1, -0.05) is 61.5 Å². The van der Waals surface area contributed by atoms with Crippen molar-refractivity contribution in [3.05, 3.63) is 126 Å². The second kappa shape index (κ2) is 15.6. The van der Waals surface area contributed by atoms with E-state index >= 15 is 0 Å². The molecular weight excluding hydrogens is 679 g/mol. The molecule has 0 saturated carbocycles. The smallest absolute Gasteiger partial charge is 0.255 e. The fourth-order valence-corrected chi connectivity index (χ4v) is 5.88. The predicted octanol–water partition coefficient (Wildman–Crippen LogP) is 7.57. The van der Waals surface area contributed by atoms with Crippen LogP contribution < -0.4 is 16.4 Å². The zero-order valence-electron chi connectivity index (χ0n) is 29.9. The summed E-state index contributed by atoms with van der Waals surface area (Å²) >= 11 is 0. The SMILES string of the molecule is CC(C)NC(=O)c1ccc2nc(-c3n[nH]c4ccccc34)[nH]c2c1.CCN.O=C(Nc1ccccc1)c1ccc2nc(-c3n[nH]c4ccccc34)[nH]c2c1. The van der Waals surface area contributed by atoms with Crippen molar-refractivity contribution in [3.8, 4) is 23.0 Å². The van der Waals surface area contributed by atoms with E-state index in [1.54, 1.807) is 18.2 Å². The van der Waals surface area contributed by atoms with Gasteiger partial charge in [0.25, 0.3) is 11.8 Å². The number of aromatic nitrogens is 8. The third-order valence-electron chi connectivity index (χ3n) is 8.33. The van der Waals surface area contributed by atoms with Gasteiger partial charge in [0.05, 0.1) is 33.1 Å². The van der Waals surface area contributed by atoms with Gasteiger partial charge < -0.3 is 26.3 Å². The second-order valence-corrected chi connectivity index (χ2v) is 12.7. The first-order chi connectivity index (χ1) is 26.3. The highest BCUT2D eigenvalue weighted by Gasteiger charge is 2.16. The van der Waals surface area contributed by atoms with E-state index in [1.807, 2.05) is 118 Å². The molecule has 0 saturated heterocycles. The zero-order chi connectivity index (χ0) is 37.6. The number of H-pyrrole nitrogens is 4. The number of carbonyl (C=O) groups is 2. The average molecular weight is 718 g/mol. The van der Waals surface area contributed by atoms with Gasteiger partial charge in [-0.3, -0.25) is 19.8 Å². The van der Waals surface area contributed by atoms with Crippen LogP contribution in [0.3, 0.4) is 0 Å². The lowest BCUT2D eigenvalue weighted by molar-refractivity contribution is 0.0942. The molecule has 9 aromatic rings.